The van der Waals surface area contributed by atoms with Gasteiger partial charge in [-0.15, -0.1) is 0 Å². The summed E-state index contributed by atoms with van der Waals surface area (Å²) in [4.78, 5) is 27.1. The van der Waals surface area contributed by atoms with Gasteiger partial charge in [-0.2, -0.15) is 15.5 Å². The van der Waals surface area contributed by atoms with Crippen LogP contribution >= 0.6 is 0 Å². The Morgan fingerprint density at radius 1 is 1.10 bits per heavy atom. The highest BCUT2D eigenvalue weighted by Crippen LogP contribution is 2.39. The lowest BCUT2D eigenvalue weighted by Crippen LogP contribution is -2.36. The van der Waals surface area contributed by atoms with Crippen molar-refractivity contribution in [2.45, 2.75) is 39.2 Å². The Hall–Kier alpha value is -5.04. The lowest BCUT2D eigenvalue weighted by atomic mass is 9.89. The van der Waals surface area contributed by atoms with Crippen molar-refractivity contribution in [3.8, 4) is 17.2 Å². The minimum Gasteiger partial charge on any atom is -0.343 e. The molecule has 2 aromatic heterocycles. The molecule has 5 aromatic rings. The Bertz CT molecular complexity index is 1910. The first-order chi connectivity index (χ1) is 20.2. The summed E-state index contributed by atoms with van der Waals surface area (Å²) in [6.45, 7) is 4.53. The zero-order chi connectivity index (χ0) is 29.5. The topological polar surface area (TPSA) is 109 Å². The first kappa shape index (κ1) is 27.1. The number of piperidine rings is 1. The SMILES string of the molecule is CC(=O)N1CCC(c2nn(CC(=O)Nc3cccc(C#N)c3C)c3cccc(-c4cc5c(cnn5C)cc4F)c23)CC1. The molecule has 1 aliphatic heterocycles. The maximum atomic E-state index is 15.6. The fraction of sp³-hybridized carbons (Fsp3) is 0.281. The molecule has 0 saturated carbocycles. The monoisotopic (exact) mass is 563 g/mol. The van der Waals surface area contributed by atoms with Gasteiger partial charge in [0.1, 0.15) is 12.4 Å². The van der Waals surface area contributed by atoms with Crippen LogP contribution in [0.3, 0.4) is 0 Å². The number of aromatic nitrogens is 4. The highest BCUT2D eigenvalue weighted by molar-refractivity contribution is 6.00. The summed E-state index contributed by atoms with van der Waals surface area (Å²) < 4.78 is 19.0. The molecule has 2 amide bonds. The second kappa shape index (κ2) is 10.7. The third-order valence-electron chi connectivity index (χ3n) is 8.28. The molecule has 0 aliphatic carbocycles. The van der Waals surface area contributed by atoms with Crippen molar-refractivity contribution in [1.29, 1.82) is 5.26 Å². The van der Waals surface area contributed by atoms with Gasteiger partial charge < -0.3 is 10.2 Å². The summed E-state index contributed by atoms with van der Waals surface area (Å²) in [5.74, 6) is -0.572. The number of nitriles is 1. The summed E-state index contributed by atoms with van der Waals surface area (Å²) in [5.41, 5.74) is 5.21. The molecule has 1 fully saturated rings. The number of nitrogens with zero attached hydrogens (tertiary/aromatic N) is 6. The number of amides is 2. The van der Waals surface area contributed by atoms with E-state index >= 15 is 4.39 Å². The predicted molar refractivity (Wildman–Crippen MR) is 158 cm³/mol. The first-order valence-electron chi connectivity index (χ1n) is 13.9. The highest BCUT2D eigenvalue weighted by atomic mass is 19.1. The van der Waals surface area contributed by atoms with Gasteiger partial charge in [-0.05, 0) is 61.2 Å². The Morgan fingerprint density at radius 3 is 2.60 bits per heavy atom. The smallest absolute Gasteiger partial charge is 0.246 e. The number of benzene rings is 3. The number of nitrogens with one attached hydrogen (secondary N) is 1. The maximum Gasteiger partial charge on any atom is 0.246 e. The molecule has 0 bridgehead atoms. The number of rotatable bonds is 5. The molecule has 0 atom stereocenters. The zero-order valence-corrected chi connectivity index (χ0v) is 23.7. The second-order valence-electron chi connectivity index (χ2n) is 10.8. The van der Waals surface area contributed by atoms with Crippen LogP contribution in [0.4, 0.5) is 10.1 Å². The molecule has 0 radical (unpaired) electrons. The minimum atomic E-state index is -0.362. The number of hydrogen-bond acceptors (Lipinski definition) is 5. The molecule has 1 N–H and O–H groups in total. The highest BCUT2D eigenvalue weighted by Gasteiger charge is 2.28. The number of likely N-dealkylation sites (tertiary alicyclic amines) is 1. The Morgan fingerprint density at radius 2 is 1.86 bits per heavy atom. The van der Waals surface area contributed by atoms with E-state index < -0.39 is 0 Å². The van der Waals surface area contributed by atoms with Gasteiger partial charge in [0.15, 0.2) is 0 Å². The van der Waals surface area contributed by atoms with Gasteiger partial charge in [0, 0.05) is 55.0 Å². The van der Waals surface area contributed by atoms with E-state index in [1.807, 2.05) is 36.2 Å². The van der Waals surface area contributed by atoms with Crippen LogP contribution in [0, 0.1) is 24.1 Å². The van der Waals surface area contributed by atoms with E-state index in [0.717, 1.165) is 35.0 Å². The second-order valence-corrected chi connectivity index (χ2v) is 10.8. The lowest BCUT2D eigenvalue weighted by Gasteiger charge is -2.30. The summed E-state index contributed by atoms with van der Waals surface area (Å²) in [6, 6.07) is 16.3. The normalized spacial score (nSPS) is 13.9. The molecular formula is C32H30FN7O2. The van der Waals surface area contributed by atoms with E-state index in [4.69, 9.17) is 5.10 Å². The average molecular weight is 564 g/mol. The third kappa shape index (κ3) is 4.77. The van der Waals surface area contributed by atoms with Crippen molar-refractivity contribution in [2.75, 3.05) is 18.4 Å². The van der Waals surface area contributed by atoms with Crippen LogP contribution in [0.1, 0.15) is 42.5 Å². The van der Waals surface area contributed by atoms with Crippen LogP contribution in [0.25, 0.3) is 32.9 Å². The number of carbonyl (C=O) groups is 2. The molecule has 1 aliphatic rings. The van der Waals surface area contributed by atoms with Gasteiger partial charge in [0.05, 0.1) is 34.6 Å². The molecule has 0 unspecified atom stereocenters. The number of fused-ring (bicyclic) bond motifs is 2. The predicted octanol–water partition coefficient (Wildman–Crippen LogP) is 5.27. The Kier molecular flexibility index (Phi) is 6.94. The summed E-state index contributed by atoms with van der Waals surface area (Å²) in [5, 5.41) is 23.0. The number of aryl methyl sites for hydroxylation is 1. The molecule has 1 saturated heterocycles. The summed E-state index contributed by atoms with van der Waals surface area (Å²) >= 11 is 0. The molecule has 9 nitrogen and oxygen atoms in total. The van der Waals surface area contributed by atoms with E-state index in [1.165, 1.54) is 6.07 Å². The average Bonchev–Trinajstić information content (AvgIpc) is 3.53. The number of hydrogen-bond donors (Lipinski definition) is 1. The van der Waals surface area contributed by atoms with E-state index in [0.29, 0.717) is 46.4 Å². The largest absolute Gasteiger partial charge is 0.343 e. The summed E-state index contributed by atoms with van der Waals surface area (Å²) in [7, 11) is 1.82. The fourth-order valence-electron chi connectivity index (χ4n) is 5.95. The Labute approximate surface area is 242 Å². The van der Waals surface area contributed by atoms with Gasteiger partial charge >= 0.3 is 0 Å². The maximum absolute atomic E-state index is 15.6. The zero-order valence-electron chi connectivity index (χ0n) is 23.7. The molecule has 3 heterocycles. The van der Waals surface area contributed by atoms with E-state index in [1.54, 1.807) is 47.6 Å². The van der Waals surface area contributed by atoms with Crippen molar-refractivity contribution in [3.05, 3.63) is 77.4 Å². The molecule has 42 heavy (non-hydrogen) atoms. The van der Waals surface area contributed by atoms with Crippen molar-refractivity contribution in [3.63, 3.8) is 0 Å². The van der Waals surface area contributed by atoms with Crippen LogP contribution in [0.5, 0.6) is 0 Å². The van der Waals surface area contributed by atoms with E-state index in [2.05, 4.69) is 16.5 Å². The number of halogens is 1. The van der Waals surface area contributed by atoms with Crippen molar-refractivity contribution in [1.82, 2.24) is 24.5 Å². The van der Waals surface area contributed by atoms with Crippen LogP contribution in [-0.4, -0.2) is 49.4 Å². The Balaban J connectivity index is 1.44. The van der Waals surface area contributed by atoms with Gasteiger partial charge in [0.25, 0.3) is 0 Å². The molecule has 0 spiro atoms. The van der Waals surface area contributed by atoms with Crippen LogP contribution in [0.15, 0.2) is 54.7 Å². The van der Waals surface area contributed by atoms with Crippen LogP contribution in [0.2, 0.25) is 0 Å². The lowest BCUT2D eigenvalue weighted by molar-refractivity contribution is -0.129. The third-order valence-corrected chi connectivity index (χ3v) is 8.28. The van der Waals surface area contributed by atoms with Gasteiger partial charge in [0.2, 0.25) is 11.8 Å². The molecular weight excluding hydrogens is 533 g/mol. The first-order valence-corrected chi connectivity index (χ1v) is 13.9. The van der Waals surface area contributed by atoms with Crippen molar-refractivity contribution >= 4 is 39.3 Å². The standard InChI is InChI=1S/C32H30FN7O2/c1-19-22(16-34)6-4-8-27(19)36-30(42)18-40-28-9-5-7-24(25-15-29-23(14-26(25)33)17-35-38(29)3)31(28)32(37-40)21-10-12-39(13-11-21)20(2)41/h4-9,14-15,17,21H,10-13,18H2,1-3H3,(H,36,42). The van der Waals surface area contributed by atoms with E-state index in [9.17, 15) is 14.9 Å². The minimum absolute atomic E-state index is 0.0339. The van der Waals surface area contributed by atoms with Gasteiger partial charge in [-0.1, -0.05) is 18.2 Å². The molecule has 6 rings (SSSR count). The quantitative estimate of drug-likeness (QED) is 0.313. The van der Waals surface area contributed by atoms with Crippen LogP contribution in [-0.2, 0) is 23.2 Å². The van der Waals surface area contributed by atoms with Crippen molar-refractivity contribution < 1.29 is 14.0 Å². The molecule has 3 aromatic carbocycles. The van der Waals surface area contributed by atoms with E-state index in [-0.39, 0.29) is 30.1 Å². The van der Waals surface area contributed by atoms with Gasteiger partial charge in [-0.25, -0.2) is 4.39 Å². The number of anilines is 1. The fourth-order valence-corrected chi connectivity index (χ4v) is 5.95. The summed E-state index contributed by atoms with van der Waals surface area (Å²) in [6.07, 6.45) is 3.08. The van der Waals surface area contributed by atoms with Crippen molar-refractivity contribution in [2.24, 2.45) is 7.05 Å². The molecule has 10 heteroatoms. The number of carbonyl (C=O) groups excluding carboxylic acids is 2. The molecule has 212 valence electrons. The van der Waals surface area contributed by atoms with Crippen LogP contribution < -0.4 is 5.32 Å². The van der Waals surface area contributed by atoms with Gasteiger partial charge in [-0.3, -0.25) is 19.0 Å².